The van der Waals surface area contributed by atoms with Crippen molar-refractivity contribution in [3.8, 4) is 5.75 Å². The summed E-state index contributed by atoms with van der Waals surface area (Å²) in [6.45, 7) is 4.52. The summed E-state index contributed by atoms with van der Waals surface area (Å²) in [4.78, 5) is 14.4. The minimum absolute atomic E-state index is 0.0498. The molecule has 0 aliphatic carbocycles. The fourth-order valence-electron chi connectivity index (χ4n) is 2.62. The van der Waals surface area contributed by atoms with Crippen LogP contribution in [0.1, 0.15) is 13.3 Å². The summed E-state index contributed by atoms with van der Waals surface area (Å²) >= 11 is 0. The molecule has 0 saturated carbocycles. The molecule has 2 aliphatic heterocycles. The highest BCUT2D eigenvalue weighted by Gasteiger charge is 2.32. The Bertz CT molecular complexity index is 492. The first-order valence-electron chi connectivity index (χ1n) is 7.18. The Hall–Kier alpha value is -1.75. The van der Waals surface area contributed by atoms with E-state index >= 15 is 0 Å². The molecule has 1 aromatic rings. The molecule has 2 unspecified atom stereocenters. The molecule has 1 saturated heterocycles. The molecule has 2 heterocycles. The first-order chi connectivity index (χ1) is 9.78. The van der Waals surface area contributed by atoms with E-state index in [1.807, 2.05) is 29.2 Å². The Labute approximate surface area is 118 Å². The van der Waals surface area contributed by atoms with Crippen molar-refractivity contribution in [1.82, 2.24) is 4.90 Å². The van der Waals surface area contributed by atoms with Crippen LogP contribution < -0.4 is 10.1 Å². The van der Waals surface area contributed by atoms with E-state index in [2.05, 4.69) is 12.2 Å². The highest BCUT2D eigenvalue weighted by Crippen LogP contribution is 2.28. The van der Waals surface area contributed by atoms with Gasteiger partial charge >= 0.3 is 0 Å². The van der Waals surface area contributed by atoms with Gasteiger partial charge in [-0.2, -0.15) is 0 Å². The van der Waals surface area contributed by atoms with Crippen molar-refractivity contribution < 1.29 is 14.3 Å². The minimum Gasteiger partial charge on any atom is -0.477 e. The van der Waals surface area contributed by atoms with Gasteiger partial charge in [-0.05, 0) is 18.6 Å². The number of nitrogens with one attached hydrogen (secondary N) is 1. The van der Waals surface area contributed by atoms with Crippen LogP contribution in [0.25, 0.3) is 0 Å². The van der Waals surface area contributed by atoms with E-state index in [0.29, 0.717) is 26.2 Å². The van der Waals surface area contributed by atoms with Gasteiger partial charge in [0.05, 0.1) is 24.9 Å². The zero-order valence-corrected chi connectivity index (χ0v) is 11.7. The van der Waals surface area contributed by atoms with E-state index in [9.17, 15) is 4.79 Å². The summed E-state index contributed by atoms with van der Waals surface area (Å²) in [7, 11) is 0. The molecule has 2 atom stereocenters. The van der Waals surface area contributed by atoms with Gasteiger partial charge in [0.1, 0.15) is 5.75 Å². The highest BCUT2D eigenvalue weighted by atomic mass is 16.5. The molecule has 108 valence electrons. The fourth-order valence-corrected chi connectivity index (χ4v) is 2.62. The van der Waals surface area contributed by atoms with Crippen molar-refractivity contribution in [2.45, 2.75) is 25.6 Å². The lowest BCUT2D eigenvalue weighted by atomic mass is 10.1. The normalized spacial score (nSPS) is 25.4. The first kappa shape index (κ1) is 13.2. The zero-order chi connectivity index (χ0) is 13.9. The van der Waals surface area contributed by atoms with Crippen LogP contribution in [0, 0.1) is 0 Å². The number of ether oxygens (including phenoxy) is 2. The summed E-state index contributed by atoms with van der Waals surface area (Å²) in [5.74, 6) is 0.797. The molecular formula is C15H20N2O3. The molecular weight excluding hydrogens is 256 g/mol. The van der Waals surface area contributed by atoms with Gasteiger partial charge in [0.2, 0.25) is 0 Å². The summed E-state index contributed by atoms with van der Waals surface area (Å²) in [5, 5.41) is 3.25. The van der Waals surface area contributed by atoms with E-state index in [-0.39, 0.29) is 12.0 Å². The molecule has 3 rings (SSSR count). The van der Waals surface area contributed by atoms with Gasteiger partial charge < -0.3 is 19.7 Å². The number of para-hydroxylation sites is 2. The van der Waals surface area contributed by atoms with Gasteiger partial charge in [-0.1, -0.05) is 19.1 Å². The molecule has 2 aliphatic rings. The number of hydrogen-bond donors (Lipinski definition) is 1. The Morgan fingerprint density at radius 1 is 1.45 bits per heavy atom. The lowest BCUT2D eigenvalue weighted by molar-refractivity contribution is -0.145. The second-order valence-corrected chi connectivity index (χ2v) is 5.17. The van der Waals surface area contributed by atoms with E-state index in [4.69, 9.17) is 9.47 Å². The van der Waals surface area contributed by atoms with Crippen LogP contribution in [0.5, 0.6) is 5.75 Å². The van der Waals surface area contributed by atoms with Crippen molar-refractivity contribution in [2.75, 3.05) is 31.6 Å². The van der Waals surface area contributed by atoms with Gasteiger partial charge in [-0.25, -0.2) is 0 Å². The topological polar surface area (TPSA) is 50.8 Å². The van der Waals surface area contributed by atoms with Gasteiger partial charge in [0.15, 0.2) is 6.10 Å². The average molecular weight is 276 g/mol. The van der Waals surface area contributed by atoms with Crippen LogP contribution in [0.3, 0.4) is 0 Å². The van der Waals surface area contributed by atoms with Crippen LogP contribution in [0.4, 0.5) is 5.69 Å². The molecule has 5 nitrogen and oxygen atoms in total. The maximum absolute atomic E-state index is 12.5. The second-order valence-electron chi connectivity index (χ2n) is 5.17. The number of carbonyl (C=O) groups is 1. The predicted molar refractivity (Wildman–Crippen MR) is 76.0 cm³/mol. The summed E-state index contributed by atoms with van der Waals surface area (Å²) in [5.41, 5.74) is 0.949. The number of morpholine rings is 1. The summed E-state index contributed by atoms with van der Waals surface area (Å²) in [6.07, 6.45) is 0.633. The molecule has 0 spiro atoms. The highest BCUT2D eigenvalue weighted by molar-refractivity contribution is 5.83. The van der Waals surface area contributed by atoms with Gasteiger partial charge in [-0.15, -0.1) is 0 Å². The maximum atomic E-state index is 12.5. The number of rotatable bonds is 2. The third kappa shape index (κ3) is 2.58. The minimum atomic E-state index is -0.444. The second kappa shape index (κ2) is 5.71. The van der Waals surface area contributed by atoms with Gasteiger partial charge in [-0.3, -0.25) is 4.79 Å². The number of fused-ring (bicyclic) bond motifs is 1. The van der Waals surface area contributed by atoms with Gasteiger partial charge in [0.25, 0.3) is 5.91 Å². The van der Waals surface area contributed by atoms with E-state index in [1.165, 1.54) is 0 Å². The maximum Gasteiger partial charge on any atom is 0.265 e. The monoisotopic (exact) mass is 276 g/mol. The van der Waals surface area contributed by atoms with Crippen LogP contribution >= 0.6 is 0 Å². The molecule has 1 aromatic carbocycles. The van der Waals surface area contributed by atoms with E-state index in [0.717, 1.165) is 17.9 Å². The van der Waals surface area contributed by atoms with E-state index in [1.54, 1.807) is 0 Å². The lowest BCUT2D eigenvalue weighted by Gasteiger charge is -2.36. The predicted octanol–water partition coefficient (Wildman–Crippen LogP) is 1.50. The van der Waals surface area contributed by atoms with Crippen LogP contribution in [0.2, 0.25) is 0 Å². The number of amides is 1. The van der Waals surface area contributed by atoms with Crippen LogP contribution in [-0.4, -0.2) is 49.3 Å². The Morgan fingerprint density at radius 3 is 3.15 bits per heavy atom. The fraction of sp³-hybridized carbons (Fsp3) is 0.533. The molecule has 0 aromatic heterocycles. The van der Waals surface area contributed by atoms with Crippen molar-refractivity contribution in [3.63, 3.8) is 0 Å². The Kier molecular flexibility index (Phi) is 3.78. The van der Waals surface area contributed by atoms with Gasteiger partial charge in [0, 0.05) is 13.1 Å². The third-order valence-electron chi connectivity index (χ3n) is 3.82. The summed E-state index contributed by atoms with van der Waals surface area (Å²) in [6, 6.07) is 7.70. The SMILES string of the molecule is CCC1CN(C(=O)C2CNc3ccccc3O2)CCO1. The number of nitrogens with zero attached hydrogens (tertiary/aromatic N) is 1. The summed E-state index contributed by atoms with van der Waals surface area (Å²) < 4.78 is 11.4. The number of hydrogen-bond acceptors (Lipinski definition) is 4. The van der Waals surface area contributed by atoms with Crippen molar-refractivity contribution in [1.29, 1.82) is 0 Å². The van der Waals surface area contributed by atoms with Crippen LogP contribution in [-0.2, 0) is 9.53 Å². The smallest absolute Gasteiger partial charge is 0.265 e. The molecule has 5 heteroatoms. The molecule has 1 N–H and O–H groups in total. The quantitative estimate of drug-likeness (QED) is 0.889. The third-order valence-corrected chi connectivity index (χ3v) is 3.82. The average Bonchev–Trinajstić information content (AvgIpc) is 2.53. The molecule has 0 radical (unpaired) electrons. The van der Waals surface area contributed by atoms with Crippen LogP contribution in [0.15, 0.2) is 24.3 Å². The molecule has 1 fully saturated rings. The van der Waals surface area contributed by atoms with E-state index < -0.39 is 6.10 Å². The standard InChI is InChI=1S/C15H20N2O3/c1-2-11-10-17(7-8-19-11)15(18)14-9-16-12-5-3-4-6-13(12)20-14/h3-6,11,14,16H,2,7-10H2,1H3. The number of benzene rings is 1. The Morgan fingerprint density at radius 2 is 2.30 bits per heavy atom. The lowest BCUT2D eigenvalue weighted by Crippen LogP contribution is -2.52. The number of anilines is 1. The van der Waals surface area contributed by atoms with Crippen molar-refractivity contribution in [3.05, 3.63) is 24.3 Å². The van der Waals surface area contributed by atoms with Crippen molar-refractivity contribution >= 4 is 11.6 Å². The number of carbonyl (C=O) groups excluding carboxylic acids is 1. The molecule has 20 heavy (non-hydrogen) atoms. The Balaban J connectivity index is 1.67. The largest absolute Gasteiger partial charge is 0.477 e. The first-order valence-corrected chi connectivity index (χ1v) is 7.18. The molecule has 0 bridgehead atoms. The molecule has 1 amide bonds. The van der Waals surface area contributed by atoms with Crippen molar-refractivity contribution in [2.24, 2.45) is 0 Å². The zero-order valence-electron chi connectivity index (χ0n) is 11.7.